The number of ether oxygens (including phenoxy) is 1. The molecule has 110 valence electrons. The normalized spacial score (nSPS) is 34.9. The molecule has 1 saturated carbocycles. The van der Waals surface area contributed by atoms with Crippen molar-refractivity contribution >= 4 is 5.97 Å². The number of carbonyl (C=O) groups is 1. The molecule has 3 nitrogen and oxygen atoms in total. The summed E-state index contributed by atoms with van der Waals surface area (Å²) in [5.74, 6) is 1.67. The molecule has 1 aliphatic carbocycles. The lowest BCUT2D eigenvalue weighted by Crippen LogP contribution is -2.40. The Morgan fingerprint density at radius 3 is 2.95 bits per heavy atom. The summed E-state index contributed by atoms with van der Waals surface area (Å²) in [6, 6.07) is 0. The van der Waals surface area contributed by atoms with Gasteiger partial charge in [0, 0.05) is 13.1 Å². The lowest BCUT2D eigenvalue weighted by Gasteiger charge is -2.41. The van der Waals surface area contributed by atoms with Crippen LogP contribution in [0.25, 0.3) is 0 Å². The monoisotopic (exact) mass is 267 g/mol. The van der Waals surface area contributed by atoms with Gasteiger partial charge in [-0.05, 0) is 43.4 Å². The third kappa shape index (κ3) is 3.31. The first-order chi connectivity index (χ1) is 9.07. The van der Waals surface area contributed by atoms with Crippen LogP contribution >= 0.6 is 0 Å². The van der Waals surface area contributed by atoms with E-state index in [1.807, 2.05) is 6.92 Å². The van der Waals surface area contributed by atoms with Gasteiger partial charge >= 0.3 is 5.97 Å². The fraction of sp³-hybridized carbons (Fsp3) is 0.938. The Hall–Kier alpha value is -0.570. The molecule has 2 fully saturated rings. The lowest BCUT2D eigenvalue weighted by atomic mass is 9.63. The molecule has 3 atom stereocenters. The molecule has 2 aliphatic rings. The number of esters is 1. The van der Waals surface area contributed by atoms with E-state index in [0.29, 0.717) is 6.61 Å². The van der Waals surface area contributed by atoms with Crippen LogP contribution in [0.15, 0.2) is 0 Å². The molecule has 2 rings (SSSR count). The second-order valence-electron chi connectivity index (χ2n) is 6.89. The summed E-state index contributed by atoms with van der Waals surface area (Å²) in [5, 5.41) is 3.45. The van der Waals surface area contributed by atoms with E-state index in [-0.39, 0.29) is 17.3 Å². The molecular formula is C16H29NO2. The molecule has 0 aromatic carbocycles. The van der Waals surface area contributed by atoms with Gasteiger partial charge in [-0.1, -0.05) is 26.7 Å². The van der Waals surface area contributed by atoms with Crippen molar-refractivity contribution in [3.8, 4) is 0 Å². The summed E-state index contributed by atoms with van der Waals surface area (Å²) >= 11 is 0. The fourth-order valence-electron chi connectivity index (χ4n) is 4.25. The van der Waals surface area contributed by atoms with Gasteiger partial charge in [-0.2, -0.15) is 0 Å². The van der Waals surface area contributed by atoms with Gasteiger partial charge in [0.2, 0.25) is 0 Å². The quantitative estimate of drug-likeness (QED) is 0.796. The molecule has 0 radical (unpaired) electrons. The number of rotatable bonds is 4. The van der Waals surface area contributed by atoms with Crippen LogP contribution in [0.1, 0.15) is 52.9 Å². The van der Waals surface area contributed by atoms with Crippen molar-refractivity contribution in [3.05, 3.63) is 0 Å². The Bertz CT molecular complexity index is 316. The minimum absolute atomic E-state index is 0.0256. The van der Waals surface area contributed by atoms with Gasteiger partial charge in [0.05, 0.1) is 12.5 Å². The molecule has 3 unspecified atom stereocenters. The van der Waals surface area contributed by atoms with Crippen LogP contribution in [0.4, 0.5) is 0 Å². The van der Waals surface area contributed by atoms with E-state index >= 15 is 0 Å². The maximum absolute atomic E-state index is 12.2. The molecule has 1 aliphatic heterocycles. The molecule has 0 aromatic rings. The van der Waals surface area contributed by atoms with Gasteiger partial charge in [-0.3, -0.25) is 4.79 Å². The van der Waals surface area contributed by atoms with Gasteiger partial charge in [0.1, 0.15) is 0 Å². The lowest BCUT2D eigenvalue weighted by molar-refractivity contribution is -0.152. The summed E-state index contributed by atoms with van der Waals surface area (Å²) in [7, 11) is 0. The van der Waals surface area contributed by atoms with Crippen LogP contribution in [0, 0.1) is 23.2 Å². The smallest absolute Gasteiger partial charge is 0.310 e. The molecule has 1 spiro atoms. The van der Waals surface area contributed by atoms with E-state index in [1.165, 1.54) is 32.1 Å². The summed E-state index contributed by atoms with van der Waals surface area (Å²) < 4.78 is 5.29. The Labute approximate surface area is 117 Å². The van der Waals surface area contributed by atoms with Crippen molar-refractivity contribution in [1.82, 2.24) is 5.32 Å². The molecule has 0 amide bonds. The molecule has 1 heterocycles. The van der Waals surface area contributed by atoms with Crippen LogP contribution in [0.2, 0.25) is 0 Å². The third-order valence-electron chi connectivity index (χ3n) is 4.92. The molecular weight excluding hydrogens is 238 g/mol. The van der Waals surface area contributed by atoms with Crippen LogP contribution in [0.5, 0.6) is 0 Å². The molecule has 1 N–H and O–H groups in total. The zero-order valence-electron chi connectivity index (χ0n) is 12.7. The highest BCUT2D eigenvalue weighted by Gasteiger charge is 2.49. The number of carbonyl (C=O) groups excluding carboxylic acids is 1. The van der Waals surface area contributed by atoms with Crippen molar-refractivity contribution in [3.63, 3.8) is 0 Å². The van der Waals surface area contributed by atoms with Crippen LogP contribution < -0.4 is 5.32 Å². The second-order valence-corrected chi connectivity index (χ2v) is 6.89. The number of hydrogen-bond acceptors (Lipinski definition) is 3. The van der Waals surface area contributed by atoms with Crippen LogP contribution in [-0.4, -0.2) is 25.7 Å². The SMILES string of the molecule is CCOC(=O)C1CNCC12CCCC(CC(C)C)C2. The Morgan fingerprint density at radius 2 is 2.26 bits per heavy atom. The van der Waals surface area contributed by atoms with Gasteiger partial charge in [0.25, 0.3) is 0 Å². The Balaban J connectivity index is 2.05. The topological polar surface area (TPSA) is 38.3 Å². The van der Waals surface area contributed by atoms with E-state index in [9.17, 15) is 4.79 Å². The van der Waals surface area contributed by atoms with Gasteiger partial charge in [0.15, 0.2) is 0 Å². The molecule has 1 saturated heterocycles. The van der Waals surface area contributed by atoms with Crippen LogP contribution in [-0.2, 0) is 9.53 Å². The van der Waals surface area contributed by atoms with E-state index in [4.69, 9.17) is 4.74 Å². The molecule has 0 aromatic heterocycles. The highest BCUT2D eigenvalue weighted by Crippen LogP contribution is 2.48. The van der Waals surface area contributed by atoms with Crippen molar-refractivity contribution in [2.24, 2.45) is 23.2 Å². The first-order valence-electron chi connectivity index (χ1n) is 7.95. The zero-order chi connectivity index (χ0) is 13.9. The maximum atomic E-state index is 12.2. The maximum Gasteiger partial charge on any atom is 0.310 e. The Kier molecular flexibility index (Phi) is 4.88. The fourth-order valence-corrected chi connectivity index (χ4v) is 4.25. The first-order valence-corrected chi connectivity index (χ1v) is 7.95. The highest BCUT2D eigenvalue weighted by atomic mass is 16.5. The highest BCUT2D eigenvalue weighted by molar-refractivity contribution is 5.74. The summed E-state index contributed by atoms with van der Waals surface area (Å²) in [5.41, 5.74) is 0.185. The van der Waals surface area contributed by atoms with E-state index in [0.717, 1.165) is 24.9 Å². The third-order valence-corrected chi connectivity index (χ3v) is 4.92. The number of hydrogen-bond donors (Lipinski definition) is 1. The van der Waals surface area contributed by atoms with Crippen molar-refractivity contribution in [2.45, 2.75) is 52.9 Å². The molecule has 19 heavy (non-hydrogen) atoms. The van der Waals surface area contributed by atoms with E-state index in [2.05, 4.69) is 19.2 Å². The number of nitrogens with one attached hydrogen (secondary N) is 1. The van der Waals surface area contributed by atoms with Crippen LogP contribution in [0.3, 0.4) is 0 Å². The Morgan fingerprint density at radius 1 is 1.47 bits per heavy atom. The first kappa shape index (κ1) is 14.8. The van der Waals surface area contributed by atoms with Gasteiger partial charge in [-0.15, -0.1) is 0 Å². The van der Waals surface area contributed by atoms with Crippen molar-refractivity contribution in [1.29, 1.82) is 0 Å². The zero-order valence-corrected chi connectivity index (χ0v) is 12.7. The standard InChI is InChI=1S/C16H29NO2/c1-4-19-15(18)14-10-17-11-16(14)7-5-6-13(9-16)8-12(2)3/h12-14,17H,4-11H2,1-3H3. The molecule has 3 heteroatoms. The van der Waals surface area contributed by atoms with Crippen molar-refractivity contribution < 1.29 is 9.53 Å². The average molecular weight is 267 g/mol. The summed E-state index contributed by atoms with van der Waals surface area (Å²) in [4.78, 5) is 12.2. The van der Waals surface area contributed by atoms with E-state index < -0.39 is 0 Å². The van der Waals surface area contributed by atoms with E-state index in [1.54, 1.807) is 0 Å². The average Bonchev–Trinajstić information content (AvgIpc) is 2.72. The summed E-state index contributed by atoms with van der Waals surface area (Å²) in [6.45, 7) is 8.82. The molecule has 0 bridgehead atoms. The summed E-state index contributed by atoms with van der Waals surface area (Å²) in [6.07, 6.45) is 6.32. The minimum atomic E-state index is 0.0256. The predicted molar refractivity (Wildman–Crippen MR) is 76.8 cm³/mol. The minimum Gasteiger partial charge on any atom is -0.466 e. The second kappa shape index (κ2) is 6.25. The van der Waals surface area contributed by atoms with Gasteiger partial charge < -0.3 is 10.1 Å². The van der Waals surface area contributed by atoms with Gasteiger partial charge in [-0.25, -0.2) is 0 Å². The largest absolute Gasteiger partial charge is 0.466 e. The predicted octanol–water partition coefficient (Wildman–Crippen LogP) is 2.99. The van der Waals surface area contributed by atoms with Crippen molar-refractivity contribution in [2.75, 3.05) is 19.7 Å².